The molecular weight excluding hydrogens is 209 g/mol. The van der Waals surface area contributed by atoms with E-state index in [0.717, 1.165) is 0 Å². The lowest BCUT2D eigenvalue weighted by molar-refractivity contribution is -0.159. The highest BCUT2D eigenvalue weighted by molar-refractivity contribution is 5.53. The molecule has 0 fully saturated rings. The smallest absolute Gasteiger partial charge is 0.329 e. The van der Waals surface area contributed by atoms with Crippen molar-refractivity contribution in [2.24, 2.45) is 0 Å². The summed E-state index contributed by atoms with van der Waals surface area (Å²) < 4.78 is 40.4. The van der Waals surface area contributed by atoms with Crippen molar-refractivity contribution >= 4 is 0 Å². The van der Waals surface area contributed by atoms with Crippen molar-refractivity contribution in [3.63, 3.8) is 0 Å². The summed E-state index contributed by atoms with van der Waals surface area (Å²) in [5.41, 5.74) is 0.428. The number of benzene rings is 1. The lowest BCUT2D eigenvalue weighted by Gasteiger charge is -1.96. The molecule has 0 aliphatic rings. The number of aromatic nitrogens is 2. The van der Waals surface area contributed by atoms with E-state index in [9.17, 15) is 13.2 Å². The first-order valence-electron chi connectivity index (χ1n) is 3.95. The molecule has 0 atom stereocenters. The molecule has 3 nitrogen and oxygen atoms in total. The number of rotatable bonds is 1. The summed E-state index contributed by atoms with van der Waals surface area (Å²) in [6.07, 6.45) is -4.61. The van der Waals surface area contributed by atoms with Gasteiger partial charge in [0.25, 0.3) is 0 Å². The van der Waals surface area contributed by atoms with Gasteiger partial charge in [-0.1, -0.05) is 23.4 Å². The highest BCUT2D eigenvalue weighted by Gasteiger charge is 2.38. The Labute approximate surface area is 82.5 Å². The first kappa shape index (κ1) is 9.70. The van der Waals surface area contributed by atoms with Gasteiger partial charge in [-0.25, -0.2) is 0 Å². The molecule has 77 valence electrons. The third-order valence-electron chi connectivity index (χ3n) is 1.63. The highest BCUT2D eigenvalue weighted by Crippen LogP contribution is 2.29. The quantitative estimate of drug-likeness (QED) is 0.730. The number of hydrogen-bond acceptors (Lipinski definition) is 3. The van der Waals surface area contributed by atoms with Gasteiger partial charge in [-0.3, -0.25) is 0 Å². The lowest BCUT2D eigenvalue weighted by atomic mass is 10.2. The van der Waals surface area contributed by atoms with Crippen molar-refractivity contribution in [2.45, 2.75) is 6.18 Å². The van der Waals surface area contributed by atoms with E-state index in [4.69, 9.17) is 0 Å². The third-order valence-corrected chi connectivity index (χ3v) is 1.63. The fraction of sp³-hybridized carbons (Fsp3) is 0.111. The normalized spacial score (nSPS) is 11.7. The van der Waals surface area contributed by atoms with E-state index in [1.807, 2.05) is 0 Å². The SMILES string of the molecule is FC(F)(F)c1nc(-c2c[c]ccc2)no1. The zero-order valence-corrected chi connectivity index (χ0v) is 7.25. The molecule has 0 bridgehead atoms. The molecule has 0 N–H and O–H groups in total. The molecule has 1 heterocycles. The predicted octanol–water partition coefficient (Wildman–Crippen LogP) is 2.56. The van der Waals surface area contributed by atoms with Crippen molar-refractivity contribution < 1.29 is 17.7 Å². The summed E-state index contributed by atoms with van der Waals surface area (Å²) >= 11 is 0. The van der Waals surface area contributed by atoms with E-state index in [1.54, 1.807) is 18.2 Å². The summed E-state index contributed by atoms with van der Waals surface area (Å²) in [5.74, 6) is -1.44. The zero-order chi connectivity index (χ0) is 10.9. The van der Waals surface area contributed by atoms with Crippen LogP contribution in [0.3, 0.4) is 0 Å². The van der Waals surface area contributed by atoms with Crippen LogP contribution in [0.15, 0.2) is 28.8 Å². The maximum absolute atomic E-state index is 12.1. The fourth-order valence-corrected chi connectivity index (χ4v) is 0.988. The van der Waals surface area contributed by atoms with Crippen molar-refractivity contribution in [1.29, 1.82) is 0 Å². The van der Waals surface area contributed by atoms with Gasteiger partial charge >= 0.3 is 12.1 Å². The van der Waals surface area contributed by atoms with Gasteiger partial charge in [-0.15, -0.1) is 0 Å². The van der Waals surface area contributed by atoms with Crippen LogP contribution in [0.2, 0.25) is 0 Å². The number of alkyl halides is 3. The lowest BCUT2D eigenvalue weighted by Crippen LogP contribution is -2.04. The summed E-state index contributed by atoms with van der Waals surface area (Å²) in [5, 5.41) is 3.23. The van der Waals surface area contributed by atoms with Crippen LogP contribution in [-0.2, 0) is 6.18 Å². The molecular formula is C9H4F3N2O. The molecule has 0 spiro atoms. The molecule has 0 amide bonds. The van der Waals surface area contributed by atoms with Crippen molar-refractivity contribution in [1.82, 2.24) is 10.1 Å². The van der Waals surface area contributed by atoms with Gasteiger partial charge in [0.05, 0.1) is 0 Å². The van der Waals surface area contributed by atoms with E-state index in [2.05, 4.69) is 20.7 Å². The molecule has 0 saturated heterocycles. The maximum Gasteiger partial charge on any atom is 0.471 e. The van der Waals surface area contributed by atoms with E-state index >= 15 is 0 Å². The van der Waals surface area contributed by atoms with E-state index in [1.165, 1.54) is 6.07 Å². The molecule has 0 aliphatic heterocycles. The topological polar surface area (TPSA) is 38.9 Å². The highest BCUT2D eigenvalue weighted by atomic mass is 19.4. The largest absolute Gasteiger partial charge is 0.471 e. The van der Waals surface area contributed by atoms with Gasteiger partial charge in [0.1, 0.15) is 0 Å². The van der Waals surface area contributed by atoms with Crippen molar-refractivity contribution in [2.75, 3.05) is 0 Å². The van der Waals surface area contributed by atoms with E-state index in [0.29, 0.717) is 5.56 Å². The fourth-order valence-electron chi connectivity index (χ4n) is 0.988. The van der Waals surface area contributed by atoms with Crippen LogP contribution in [0.5, 0.6) is 0 Å². The Bertz CT molecular complexity index is 450. The average Bonchev–Trinajstić information content (AvgIpc) is 2.67. The molecule has 2 aromatic rings. The van der Waals surface area contributed by atoms with Crippen molar-refractivity contribution in [3.05, 3.63) is 36.2 Å². The second kappa shape index (κ2) is 3.38. The monoisotopic (exact) mass is 213 g/mol. The van der Waals surface area contributed by atoms with Gasteiger partial charge in [-0.05, 0) is 12.1 Å². The van der Waals surface area contributed by atoms with Gasteiger partial charge in [0.15, 0.2) is 0 Å². The predicted molar refractivity (Wildman–Crippen MR) is 43.6 cm³/mol. The van der Waals surface area contributed by atoms with Gasteiger partial charge in [0, 0.05) is 5.56 Å². The summed E-state index contributed by atoms with van der Waals surface area (Å²) in [6.45, 7) is 0. The van der Waals surface area contributed by atoms with Crippen LogP contribution < -0.4 is 0 Å². The minimum Gasteiger partial charge on any atom is -0.329 e. The summed E-state index contributed by atoms with van der Waals surface area (Å²) in [4.78, 5) is 3.23. The first-order chi connectivity index (χ1) is 7.07. The second-order valence-electron chi connectivity index (χ2n) is 2.71. The molecule has 6 heteroatoms. The number of nitrogens with zero attached hydrogens (tertiary/aromatic N) is 2. The molecule has 2 rings (SSSR count). The molecule has 1 radical (unpaired) electrons. The van der Waals surface area contributed by atoms with Gasteiger partial charge in [-0.2, -0.15) is 18.2 Å². The van der Waals surface area contributed by atoms with Crippen LogP contribution in [0, 0.1) is 6.07 Å². The standard InChI is InChI=1S/C9H4F3N2O/c10-9(11,12)8-13-7(14-15-8)6-4-2-1-3-5-6/h1-2,4-5H. The summed E-state index contributed by atoms with van der Waals surface area (Å²) in [7, 11) is 0. The minimum absolute atomic E-state index is 0.0980. The zero-order valence-electron chi connectivity index (χ0n) is 7.25. The molecule has 0 saturated carbocycles. The maximum atomic E-state index is 12.1. The van der Waals surface area contributed by atoms with Crippen molar-refractivity contribution in [3.8, 4) is 11.4 Å². The Hall–Kier alpha value is -1.85. The van der Waals surface area contributed by atoms with Crippen LogP contribution in [0.25, 0.3) is 11.4 Å². The third kappa shape index (κ3) is 1.98. The van der Waals surface area contributed by atoms with Crippen LogP contribution in [0.1, 0.15) is 5.89 Å². The molecule has 0 aliphatic carbocycles. The average molecular weight is 213 g/mol. The minimum atomic E-state index is -4.61. The molecule has 1 aromatic carbocycles. The molecule has 0 unspecified atom stereocenters. The number of hydrogen-bond donors (Lipinski definition) is 0. The van der Waals surface area contributed by atoms with E-state index < -0.39 is 12.1 Å². The van der Waals surface area contributed by atoms with Crippen LogP contribution in [-0.4, -0.2) is 10.1 Å². The Balaban J connectivity index is 2.37. The Kier molecular flexibility index (Phi) is 2.18. The molecule has 1 aromatic heterocycles. The molecule has 15 heavy (non-hydrogen) atoms. The first-order valence-corrected chi connectivity index (χ1v) is 3.95. The Morgan fingerprint density at radius 1 is 1.33 bits per heavy atom. The summed E-state index contributed by atoms with van der Waals surface area (Å²) in [6, 6.07) is 9.00. The Morgan fingerprint density at radius 2 is 2.13 bits per heavy atom. The van der Waals surface area contributed by atoms with Gasteiger partial charge in [0.2, 0.25) is 5.82 Å². The Morgan fingerprint density at radius 3 is 2.67 bits per heavy atom. The van der Waals surface area contributed by atoms with Crippen LogP contribution >= 0.6 is 0 Å². The van der Waals surface area contributed by atoms with Gasteiger partial charge < -0.3 is 4.52 Å². The van der Waals surface area contributed by atoms with E-state index in [-0.39, 0.29) is 5.82 Å². The second-order valence-corrected chi connectivity index (χ2v) is 2.71. The number of halogens is 3. The van der Waals surface area contributed by atoms with Crippen LogP contribution in [0.4, 0.5) is 13.2 Å².